The minimum atomic E-state index is 0.616. The molecule has 1 saturated carbocycles. The molecule has 0 aromatic carbocycles. The molecular formula is C13H25N3O. The molecule has 0 aromatic rings. The zero-order valence-corrected chi connectivity index (χ0v) is 11.0. The van der Waals surface area contributed by atoms with Crippen molar-refractivity contribution in [3.8, 4) is 0 Å². The van der Waals surface area contributed by atoms with E-state index in [1.54, 1.807) is 0 Å². The summed E-state index contributed by atoms with van der Waals surface area (Å²) in [6.07, 6.45) is 2.52. The Kier molecular flexibility index (Phi) is 4.66. The van der Waals surface area contributed by atoms with E-state index >= 15 is 0 Å². The minimum Gasteiger partial charge on any atom is -0.381 e. The van der Waals surface area contributed by atoms with Gasteiger partial charge in [-0.1, -0.05) is 6.92 Å². The maximum Gasteiger partial charge on any atom is 0.191 e. The molecule has 0 radical (unpaired) electrons. The van der Waals surface area contributed by atoms with Crippen molar-refractivity contribution < 1.29 is 4.74 Å². The molecule has 4 heteroatoms. The standard InChI is InChI=1S/C13H25N3O/c1-3-14-13(16-8-12-6-10(12)2)15-7-11-4-5-17-9-11/h10-12H,3-9H2,1-2H3,(H2,14,15,16). The molecule has 1 aliphatic heterocycles. The maximum atomic E-state index is 5.36. The average Bonchev–Trinajstić information content (AvgIpc) is 2.82. The fraction of sp³-hybridized carbons (Fsp3) is 0.923. The number of ether oxygens (including phenoxy) is 1. The van der Waals surface area contributed by atoms with Gasteiger partial charge in [0.1, 0.15) is 0 Å². The van der Waals surface area contributed by atoms with Crippen molar-refractivity contribution in [2.24, 2.45) is 22.7 Å². The van der Waals surface area contributed by atoms with E-state index in [1.807, 2.05) is 0 Å². The van der Waals surface area contributed by atoms with Crippen LogP contribution in [0.2, 0.25) is 0 Å². The van der Waals surface area contributed by atoms with Crippen LogP contribution in [0.4, 0.5) is 0 Å². The Morgan fingerprint density at radius 3 is 2.82 bits per heavy atom. The van der Waals surface area contributed by atoms with Gasteiger partial charge in [-0.15, -0.1) is 0 Å². The lowest BCUT2D eigenvalue weighted by molar-refractivity contribution is 0.187. The van der Waals surface area contributed by atoms with Crippen molar-refractivity contribution in [3.05, 3.63) is 0 Å². The van der Waals surface area contributed by atoms with E-state index in [-0.39, 0.29) is 0 Å². The number of hydrogen-bond acceptors (Lipinski definition) is 2. The molecule has 0 aromatic heterocycles. The molecule has 1 heterocycles. The summed E-state index contributed by atoms with van der Waals surface area (Å²) < 4.78 is 5.36. The van der Waals surface area contributed by atoms with E-state index in [1.165, 1.54) is 6.42 Å². The van der Waals surface area contributed by atoms with Gasteiger partial charge in [0, 0.05) is 32.2 Å². The van der Waals surface area contributed by atoms with Gasteiger partial charge in [0.15, 0.2) is 5.96 Å². The summed E-state index contributed by atoms with van der Waals surface area (Å²) in [7, 11) is 0. The van der Waals surface area contributed by atoms with E-state index in [4.69, 9.17) is 4.74 Å². The molecule has 1 aliphatic carbocycles. The molecule has 98 valence electrons. The Labute approximate surface area is 104 Å². The largest absolute Gasteiger partial charge is 0.381 e. The molecule has 0 bridgehead atoms. The second kappa shape index (κ2) is 6.24. The summed E-state index contributed by atoms with van der Waals surface area (Å²) in [5, 5.41) is 6.74. The third-order valence-electron chi connectivity index (χ3n) is 3.68. The van der Waals surface area contributed by atoms with Crippen LogP contribution < -0.4 is 10.6 Å². The number of hydrogen-bond donors (Lipinski definition) is 2. The number of aliphatic imine (C=N–C) groups is 1. The number of guanidine groups is 1. The van der Waals surface area contributed by atoms with Gasteiger partial charge in [0.25, 0.3) is 0 Å². The highest BCUT2D eigenvalue weighted by Crippen LogP contribution is 2.36. The van der Waals surface area contributed by atoms with E-state index in [0.717, 1.165) is 57.1 Å². The van der Waals surface area contributed by atoms with Crippen molar-refractivity contribution in [1.82, 2.24) is 10.6 Å². The van der Waals surface area contributed by atoms with Gasteiger partial charge in [-0.3, -0.25) is 4.99 Å². The summed E-state index contributed by atoms with van der Waals surface area (Å²) >= 11 is 0. The van der Waals surface area contributed by atoms with Gasteiger partial charge >= 0.3 is 0 Å². The maximum absolute atomic E-state index is 5.36. The Hall–Kier alpha value is -0.770. The molecular weight excluding hydrogens is 214 g/mol. The van der Waals surface area contributed by atoms with E-state index in [0.29, 0.717) is 5.92 Å². The second-order valence-electron chi connectivity index (χ2n) is 5.30. The molecule has 0 amide bonds. The Bertz CT molecular complexity index is 261. The zero-order valence-electron chi connectivity index (χ0n) is 11.0. The van der Waals surface area contributed by atoms with Gasteiger partial charge in [-0.25, -0.2) is 0 Å². The summed E-state index contributed by atoms with van der Waals surface area (Å²) in [4.78, 5) is 4.63. The number of rotatable bonds is 5. The first-order valence-electron chi connectivity index (χ1n) is 6.89. The molecule has 0 spiro atoms. The van der Waals surface area contributed by atoms with Crippen LogP contribution in [-0.2, 0) is 4.74 Å². The predicted molar refractivity (Wildman–Crippen MR) is 70.2 cm³/mol. The SMILES string of the molecule is CCNC(=NCC1CCOC1)NCC1CC1C. The fourth-order valence-electron chi connectivity index (χ4n) is 2.20. The highest BCUT2D eigenvalue weighted by atomic mass is 16.5. The quantitative estimate of drug-likeness (QED) is 0.560. The Balaban J connectivity index is 1.71. The third kappa shape index (κ3) is 4.19. The molecule has 3 atom stereocenters. The van der Waals surface area contributed by atoms with Gasteiger partial charge in [-0.05, 0) is 31.6 Å². The van der Waals surface area contributed by atoms with E-state index in [2.05, 4.69) is 29.5 Å². The van der Waals surface area contributed by atoms with Crippen LogP contribution in [0.1, 0.15) is 26.7 Å². The van der Waals surface area contributed by atoms with Crippen LogP contribution in [-0.4, -0.2) is 38.8 Å². The molecule has 2 fully saturated rings. The highest BCUT2D eigenvalue weighted by Gasteiger charge is 2.32. The van der Waals surface area contributed by atoms with E-state index < -0.39 is 0 Å². The average molecular weight is 239 g/mol. The summed E-state index contributed by atoms with van der Waals surface area (Å²) in [6.45, 7) is 9.07. The predicted octanol–water partition coefficient (Wildman–Crippen LogP) is 1.23. The molecule has 2 N–H and O–H groups in total. The second-order valence-corrected chi connectivity index (χ2v) is 5.30. The van der Waals surface area contributed by atoms with Crippen LogP contribution in [0.5, 0.6) is 0 Å². The number of nitrogens with zero attached hydrogens (tertiary/aromatic N) is 1. The van der Waals surface area contributed by atoms with Gasteiger partial charge in [-0.2, -0.15) is 0 Å². The van der Waals surface area contributed by atoms with Crippen LogP contribution in [0.15, 0.2) is 4.99 Å². The lowest BCUT2D eigenvalue weighted by Crippen LogP contribution is -2.38. The lowest BCUT2D eigenvalue weighted by Gasteiger charge is -2.12. The van der Waals surface area contributed by atoms with Crippen molar-refractivity contribution in [2.45, 2.75) is 26.7 Å². The fourth-order valence-corrected chi connectivity index (χ4v) is 2.20. The van der Waals surface area contributed by atoms with Crippen LogP contribution in [0, 0.1) is 17.8 Å². The van der Waals surface area contributed by atoms with Crippen molar-refractivity contribution in [3.63, 3.8) is 0 Å². The van der Waals surface area contributed by atoms with Crippen LogP contribution in [0.25, 0.3) is 0 Å². The zero-order chi connectivity index (χ0) is 12.1. The summed E-state index contributed by atoms with van der Waals surface area (Å²) in [6, 6.07) is 0. The molecule has 4 nitrogen and oxygen atoms in total. The first-order chi connectivity index (χ1) is 8.29. The molecule has 17 heavy (non-hydrogen) atoms. The van der Waals surface area contributed by atoms with Crippen LogP contribution in [0.3, 0.4) is 0 Å². The minimum absolute atomic E-state index is 0.616. The summed E-state index contributed by atoms with van der Waals surface area (Å²) in [5.41, 5.74) is 0. The third-order valence-corrected chi connectivity index (χ3v) is 3.68. The first kappa shape index (κ1) is 12.7. The van der Waals surface area contributed by atoms with Crippen molar-refractivity contribution in [2.75, 3.05) is 32.8 Å². The van der Waals surface area contributed by atoms with Gasteiger partial charge in [0.2, 0.25) is 0 Å². The Morgan fingerprint density at radius 1 is 1.41 bits per heavy atom. The molecule has 2 rings (SSSR count). The highest BCUT2D eigenvalue weighted by molar-refractivity contribution is 5.79. The van der Waals surface area contributed by atoms with E-state index in [9.17, 15) is 0 Å². The van der Waals surface area contributed by atoms with Crippen molar-refractivity contribution in [1.29, 1.82) is 0 Å². The Morgan fingerprint density at radius 2 is 2.24 bits per heavy atom. The number of nitrogens with one attached hydrogen (secondary N) is 2. The van der Waals surface area contributed by atoms with Crippen LogP contribution >= 0.6 is 0 Å². The van der Waals surface area contributed by atoms with Gasteiger partial charge < -0.3 is 15.4 Å². The topological polar surface area (TPSA) is 45.7 Å². The monoisotopic (exact) mass is 239 g/mol. The normalized spacial score (nSPS) is 32.6. The van der Waals surface area contributed by atoms with Crippen molar-refractivity contribution >= 4 is 5.96 Å². The first-order valence-corrected chi connectivity index (χ1v) is 6.89. The molecule has 1 saturated heterocycles. The lowest BCUT2D eigenvalue weighted by atomic mass is 10.1. The smallest absolute Gasteiger partial charge is 0.191 e. The molecule has 2 aliphatic rings. The summed E-state index contributed by atoms with van der Waals surface area (Å²) in [5.74, 6) is 3.34. The van der Waals surface area contributed by atoms with Gasteiger partial charge in [0.05, 0.1) is 6.61 Å². The molecule has 3 unspecified atom stereocenters.